The van der Waals surface area contributed by atoms with Crippen LogP contribution in [0.25, 0.3) is 0 Å². The van der Waals surface area contributed by atoms with E-state index in [1.54, 1.807) is 13.0 Å². The van der Waals surface area contributed by atoms with Gasteiger partial charge in [-0.2, -0.15) is 0 Å². The fraction of sp³-hybridized carbons (Fsp3) is 0.400. The van der Waals surface area contributed by atoms with Gasteiger partial charge in [-0.1, -0.05) is 6.07 Å². The van der Waals surface area contributed by atoms with Gasteiger partial charge in [0.05, 0.1) is 0 Å². The van der Waals surface area contributed by atoms with Gasteiger partial charge in [0.25, 0.3) is 0 Å². The largest absolute Gasteiger partial charge is 0.504 e. The van der Waals surface area contributed by atoms with E-state index < -0.39 is 6.98 Å². The highest BCUT2D eigenvalue weighted by atomic mass is 16.3. The van der Waals surface area contributed by atoms with E-state index in [0.717, 1.165) is 5.56 Å². The summed E-state index contributed by atoms with van der Waals surface area (Å²) in [6.45, 7) is -0.422. The normalized spacial score (nSPS) is 17.2. The van der Waals surface area contributed by atoms with Crippen LogP contribution >= 0.6 is 0 Å². The molecular formula is C10H15NO2. The molecule has 0 amide bonds. The van der Waals surface area contributed by atoms with Crippen molar-refractivity contribution in [3.05, 3.63) is 23.8 Å². The maximum absolute atomic E-state index is 9.26. The molecule has 0 heterocycles. The first-order chi connectivity index (χ1) is 7.28. The van der Waals surface area contributed by atoms with Gasteiger partial charge in [0.1, 0.15) is 0 Å². The molecule has 13 heavy (non-hydrogen) atoms. The fourth-order valence-electron chi connectivity index (χ4n) is 1.10. The minimum Gasteiger partial charge on any atom is -0.504 e. The number of hydrogen-bond acceptors (Lipinski definition) is 3. The van der Waals surface area contributed by atoms with Gasteiger partial charge in [0.2, 0.25) is 0 Å². The molecular weight excluding hydrogens is 166 g/mol. The van der Waals surface area contributed by atoms with Gasteiger partial charge in [-0.3, -0.25) is 0 Å². The number of aromatic hydroxyl groups is 2. The highest BCUT2D eigenvalue weighted by Gasteiger charge is 2.03. The van der Waals surface area contributed by atoms with Crippen molar-refractivity contribution in [1.82, 2.24) is 5.32 Å². The first kappa shape index (κ1) is 6.27. The van der Waals surface area contributed by atoms with E-state index in [1.807, 2.05) is 0 Å². The van der Waals surface area contributed by atoms with E-state index in [-0.39, 0.29) is 17.5 Å². The van der Waals surface area contributed by atoms with E-state index >= 15 is 0 Å². The summed E-state index contributed by atoms with van der Waals surface area (Å²) in [4.78, 5) is 0. The summed E-state index contributed by atoms with van der Waals surface area (Å²) in [5.74, 6) is -0.376. The van der Waals surface area contributed by atoms with E-state index in [1.165, 1.54) is 12.1 Å². The van der Waals surface area contributed by atoms with Crippen molar-refractivity contribution in [1.29, 1.82) is 0 Å². The first-order valence-corrected chi connectivity index (χ1v) is 4.06. The highest BCUT2D eigenvalue weighted by molar-refractivity contribution is 5.40. The second-order valence-corrected chi connectivity index (χ2v) is 3.07. The molecule has 0 radical (unpaired) electrons. The molecule has 0 aliphatic rings. The summed E-state index contributed by atoms with van der Waals surface area (Å²) < 4.78 is 21.1. The number of phenolic OH excluding ortho intramolecular Hbond substituents is 2. The SMILES string of the molecule is [2H]C([2H])([2H])NC(C)Cc1ccc(O)c(O)c1. The lowest BCUT2D eigenvalue weighted by Crippen LogP contribution is -2.23. The van der Waals surface area contributed by atoms with Gasteiger partial charge in [-0.15, -0.1) is 0 Å². The lowest BCUT2D eigenvalue weighted by Gasteiger charge is -2.10. The van der Waals surface area contributed by atoms with E-state index in [9.17, 15) is 5.11 Å². The molecule has 1 rings (SSSR count). The van der Waals surface area contributed by atoms with Crippen LogP contribution in [0.2, 0.25) is 0 Å². The Labute approximate surface area is 82.2 Å². The average Bonchev–Trinajstić information content (AvgIpc) is 2.08. The zero-order valence-electron chi connectivity index (χ0n) is 10.4. The lowest BCUT2D eigenvalue weighted by atomic mass is 10.1. The van der Waals surface area contributed by atoms with Crippen LogP contribution in [0, 0.1) is 0 Å². The third-order valence-corrected chi connectivity index (χ3v) is 1.83. The van der Waals surface area contributed by atoms with Crippen LogP contribution in [0.3, 0.4) is 0 Å². The molecule has 0 fully saturated rings. The number of benzene rings is 1. The molecule has 0 bridgehead atoms. The maximum Gasteiger partial charge on any atom is 0.157 e. The van der Waals surface area contributed by atoms with Gasteiger partial charge < -0.3 is 15.5 Å². The molecule has 1 atom stereocenters. The summed E-state index contributed by atoms with van der Waals surface area (Å²) in [7, 11) is 0. The van der Waals surface area contributed by atoms with Gasteiger partial charge >= 0.3 is 0 Å². The summed E-state index contributed by atoms with van der Waals surface area (Å²) >= 11 is 0. The van der Waals surface area contributed by atoms with Crippen molar-refractivity contribution in [2.24, 2.45) is 0 Å². The minimum absolute atomic E-state index is 0.180. The Bertz CT molecular complexity index is 366. The predicted octanol–water partition coefficient (Wildman–Crippen LogP) is 1.25. The van der Waals surface area contributed by atoms with E-state index in [0.29, 0.717) is 6.42 Å². The monoisotopic (exact) mass is 184 g/mol. The minimum atomic E-state index is -2.17. The molecule has 0 aliphatic heterocycles. The number of rotatable bonds is 3. The van der Waals surface area contributed by atoms with Gasteiger partial charge in [-0.05, 0) is 38.0 Å². The van der Waals surface area contributed by atoms with Crippen LogP contribution in [-0.4, -0.2) is 23.2 Å². The molecule has 0 aromatic heterocycles. The number of nitrogens with one attached hydrogen (secondary N) is 1. The highest BCUT2D eigenvalue weighted by Crippen LogP contribution is 2.25. The van der Waals surface area contributed by atoms with Gasteiger partial charge in [0.15, 0.2) is 11.5 Å². The van der Waals surface area contributed by atoms with Crippen LogP contribution in [-0.2, 0) is 6.42 Å². The Kier molecular flexibility index (Phi) is 2.00. The van der Waals surface area contributed by atoms with Crippen LogP contribution in [0.5, 0.6) is 11.5 Å². The third-order valence-electron chi connectivity index (χ3n) is 1.83. The molecule has 0 saturated heterocycles. The van der Waals surface area contributed by atoms with Crippen LogP contribution < -0.4 is 5.32 Å². The molecule has 1 aromatic carbocycles. The molecule has 3 nitrogen and oxygen atoms in total. The summed E-state index contributed by atoms with van der Waals surface area (Å²) in [6, 6.07) is 4.21. The predicted molar refractivity (Wildman–Crippen MR) is 52.0 cm³/mol. The molecule has 3 N–H and O–H groups in total. The van der Waals surface area contributed by atoms with Gasteiger partial charge in [-0.25, -0.2) is 0 Å². The maximum atomic E-state index is 9.26. The van der Waals surface area contributed by atoms with Crippen molar-refractivity contribution in [3.63, 3.8) is 0 Å². The third kappa shape index (κ3) is 2.63. The first-order valence-electron chi connectivity index (χ1n) is 5.56. The quantitative estimate of drug-likeness (QED) is 0.620. The summed E-state index contributed by atoms with van der Waals surface area (Å²) in [6.07, 6.45) is 0.465. The van der Waals surface area contributed by atoms with Crippen molar-refractivity contribution >= 4 is 0 Å². The molecule has 72 valence electrons. The standard InChI is InChI=1S/C10H15NO2/c1-7(11-2)5-8-3-4-9(12)10(13)6-8/h3-4,6-7,11-13H,5H2,1-2H3/i2D3. The van der Waals surface area contributed by atoms with E-state index in [2.05, 4.69) is 5.32 Å². The second-order valence-electron chi connectivity index (χ2n) is 3.07. The smallest absolute Gasteiger partial charge is 0.157 e. The molecule has 1 unspecified atom stereocenters. The number of phenols is 2. The Balaban J connectivity index is 2.63. The van der Waals surface area contributed by atoms with Crippen molar-refractivity contribution in [3.8, 4) is 11.5 Å². The molecule has 0 aliphatic carbocycles. The Morgan fingerprint density at radius 2 is 2.23 bits per heavy atom. The van der Waals surface area contributed by atoms with Crippen molar-refractivity contribution < 1.29 is 14.3 Å². The van der Waals surface area contributed by atoms with Crippen LogP contribution in [0.4, 0.5) is 0 Å². The number of hydrogen-bond donors (Lipinski definition) is 3. The zero-order valence-corrected chi connectivity index (χ0v) is 7.41. The van der Waals surface area contributed by atoms with Crippen molar-refractivity contribution in [2.75, 3.05) is 6.98 Å². The van der Waals surface area contributed by atoms with E-state index in [4.69, 9.17) is 9.22 Å². The zero-order chi connectivity index (χ0) is 12.3. The molecule has 0 spiro atoms. The lowest BCUT2D eigenvalue weighted by molar-refractivity contribution is 0.403. The van der Waals surface area contributed by atoms with Crippen LogP contribution in [0.15, 0.2) is 18.2 Å². The van der Waals surface area contributed by atoms with Crippen molar-refractivity contribution in [2.45, 2.75) is 19.4 Å². The van der Waals surface area contributed by atoms with Crippen LogP contribution in [0.1, 0.15) is 16.6 Å². The number of likely N-dealkylation sites (N-methyl/N-ethyl adjacent to an activating group) is 1. The molecule has 3 heteroatoms. The Morgan fingerprint density at radius 3 is 2.85 bits per heavy atom. The fourth-order valence-corrected chi connectivity index (χ4v) is 1.10. The Hall–Kier alpha value is -1.22. The van der Waals surface area contributed by atoms with Gasteiger partial charge in [0, 0.05) is 10.2 Å². The topological polar surface area (TPSA) is 52.5 Å². The molecule has 1 aromatic rings. The second kappa shape index (κ2) is 4.14. The average molecular weight is 184 g/mol. The summed E-state index contributed by atoms with van der Waals surface area (Å²) in [5.41, 5.74) is 0.763. The Morgan fingerprint density at radius 1 is 1.46 bits per heavy atom. The molecule has 0 saturated carbocycles. The summed E-state index contributed by atoms with van der Waals surface area (Å²) in [5, 5.41) is 20.8.